The molecule has 0 atom stereocenters. The fourth-order valence-electron chi connectivity index (χ4n) is 2.28. The number of para-hydroxylation sites is 1. The summed E-state index contributed by atoms with van der Waals surface area (Å²) in [6, 6.07) is 16.0. The molecule has 6 heteroatoms. The maximum atomic E-state index is 12.5. The van der Waals surface area contributed by atoms with Gasteiger partial charge < -0.3 is 11.5 Å². The van der Waals surface area contributed by atoms with Crippen LogP contribution >= 0.6 is 0 Å². The van der Waals surface area contributed by atoms with Gasteiger partial charge in [-0.05, 0) is 30.3 Å². The molecule has 0 aliphatic carbocycles. The molecule has 1 aromatic heterocycles. The van der Waals surface area contributed by atoms with Crippen LogP contribution in [0.1, 0.15) is 10.4 Å². The van der Waals surface area contributed by atoms with Gasteiger partial charge in [-0.25, -0.2) is 4.99 Å². The number of aromatic nitrogens is 1. The van der Waals surface area contributed by atoms with E-state index in [1.54, 1.807) is 42.6 Å². The normalized spacial score (nSPS) is 11.4. The first-order valence-electron chi connectivity index (χ1n) is 6.99. The van der Waals surface area contributed by atoms with Crippen molar-refractivity contribution in [3.8, 4) is 0 Å². The van der Waals surface area contributed by atoms with Crippen molar-refractivity contribution in [3.63, 3.8) is 0 Å². The Morgan fingerprint density at radius 1 is 1.04 bits per heavy atom. The van der Waals surface area contributed by atoms with E-state index in [9.17, 15) is 4.79 Å². The number of amides is 1. The van der Waals surface area contributed by atoms with Crippen molar-refractivity contribution in [2.24, 2.45) is 10.7 Å². The van der Waals surface area contributed by atoms with Crippen LogP contribution in [-0.2, 0) is 0 Å². The van der Waals surface area contributed by atoms with Crippen LogP contribution in [0.4, 0.5) is 11.4 Å². The van der Waals surface area contributed by atoms with Crippen molar-refractivity contribution in [1.29, 1.82) is 0 Å². The molecule has 0 aliphatic heterocycles. The summed E-state index contributed by atoms with van der Waals surface area (Å²) in [5.74, 6) is -0.367. The topological polar surface area (TPSA) is 106 Å². The zero-order chi connectivity index (χ0) is 16.2. The molecule has 0 aliphatic rings. The van der Waals surface area contributed by atoms with Gasteiger partial charge in [-0.1, -0.05) is 24.3 Å². The number of benzene rings is 2. The molecule has 1 amide bonds. The Bertz CT molecular complexity index is 885. The lowest BCUT2D eigenvalue weighted by Crippen LogP contribution is -2.36. The second-order valence-corrected chi connectivity index (χ2v) is 4.89. The second kappa shape index (κ2) is 6.15. The number of nitrogens with two attached hydrogens (primary N) is 2. The zero-order valence-corrected chi connectivity index (χ0v) is 12.2. The Morgan fingerprint density at radius 3 is 2.61 bits per heavy atom. The van der Waals surface area contributed by atoms with Crippen molar-refractivity contribution >= 4 is 34.1 Å². The summed E-state index contributed by atoms with van der Waals surface area (Å²) in [4.78, 5) is 20.8. The van der Waals surface area contributed by atoms with Crippen LogP contribution in [-0.4, -0.2) is 16.9 Å². The Labute approximate surface area is 132 Å². The van der Waals surface area contributed by atoms with E-state index in [4.69, 9.17) is 11.5 Å². The minimum Gasteiger partial charge on any atom is -0.398 e. The van der Waals surface area contributed by atoms with Crippen molar-refractivity contribution in [2.75, 3.05) is 5.73 Å². The first-order valence-corrected chi connectivity index (χ1v) is 6.99. The van der Waals surface area contributed by atoms with Crippen LogP contribution in [0.2, 0.25) is 0 Å². The number of nitrogen functional groups attached to an aromatic ring is 1. The number of nitrogens with one attached hydrogen (secondary N) is 1. The molecule has 0 bridgehead atoms. The van der Waals surface area contributed by atoms with Gasteiger partial charge in [-0.3, -0.25) is 15.1 Å². The molecule has 0 saturated carbocycles. The first kappa shape index (κ1) is 14.5. The lowest BCUT2D eigenvalue weighted by atomic mass is 10.1. The number of anilines is 1. The van der Waals surface area contributed by atoms with Crippen molar-refractivity contribution in [2.45, 2.75) is 0 Å². The second-order valence-electron chi connectivity index (χ2n) is 4.89. The van der Waals surface area contributed by atoms with Crippen molar-refractivity contribution in [1.82, 2.24) is 10.3 Å². The number of hydrogen-bond donors (Lipinski definition) is 3. The van der Waals surface area contributed by atoms with Gasteiger partial charge >= 0.3 is 0 Å². The minimum absolute atomic E-state index is 0.0145. The zero-order valence-electron chi connectivity index (χ0n) is 12.2. The van der Waals surface area contributed by atoms with E-state index in [1.807, 2.05) is 18.2 Å². The number of nitrogens with zero attached hydrogens (tertiary/aromatic N) is 2. The molecule has 0 unspecified atom stereocenters. The van der Waals surface area contributed by atoms with Gasteiger partial charge in [0.05, 0.1) is 16.8 Å². The van der Waals surface area contributed by atoms with E-state index in [2.05, 4.69) is 15.3 Å². The Kier molecular flexibility index (Phi) is 3.88. The fourth-order valence-corrected chi connectivity index (χ4v) is 2.28. The third kappa shape index (κ3) is 3.11. The van der Waals surface area contributed by atoms with Gasteiger partial charge in [-0.2, -0.15) is 0 Å². The number of aliphatic imine (C=N–C) groups is 1. The average Bonchev–Trinajstić information content (AvgIpc) is 2.55. The molecule has 23 heavy (non-hydrogen) atoms. The van der Waals surface area contributed by atoms with E-state index in [0.29, 0.717) is 27.8 Å². The number of hydrogen-bond acceptors (Lipinski definition) is 4. The highest BCUT2D eigenvalue weighted by Crippen LogP contribution is 2.23. The Morgan fingerprint density at radius 2 is 1.83 bits per heavy atom. The summed E-state index contributed by atoms with van der Waals surface area (Å²) in [6.07, 6.45) is 1.56. The van der Waals surface area contributed by atoms with Gasteiger partial charge in [0.25, 0.3) is 5.91 Å². The summed E-state index contributed by atoms with van der Waals surface area (Å²) in [5.41, 5.74) is 14.0. The Balaban J connectivity index is 1.91. The number of fused-ring (bicyclic) bond motifs is 1. The van der Waals surface area contributed by atoms with Gasteiger partial charge in [0.15, 0.2) is 0 Å². The smallest absolute Gasteiger partial charge is 0.258 e. The van der Waals surface area contributed by atoms with E-state index in [-0.39, 0.29) is 11.9 Å². The maximum Gasteiger partial charge on any atom is 0.258 e. The number of carbonyl (C=O) groups is 1. The molecule has 3 aromatic rings. The fraction of sp³-hybridized carbons (Fsp3) is 0. The molecule has 0 spiro atoms. The summed E-state index contributed by atoms with van der Waals surface area (Å²) < 4.78 is 0. The summed E-state index contributed by atoms with van der Waals surface area (Å²) >= 11 is 0. The van der Waals surface area contributed by atoms with E-state index < -0.39 is 0 Å². The molecule has 0 fully saturated rings. The molecule has 2 aromatic carbocycles. The molecule has 6 nitrogen and oxygen atoms in total. The van der Waals surface area contributed by atoms with Crippen LogP contribution in [0.5, 0.6) is 0 Å². The summed E-state index contributed by atoms with van der Waals surface area (Å²) in [6.45, 7) is 0. The molecule has 0 radical (unpaired) electrons. The van der Waals surface area contributed by atoms with Crippen molar-refractivity contribution < 1.29 is 4.79 Å². The summed E-state index contributed by atoms with van der Waals surface area (Å²) in [5, 5.41) is 3.17. The third-order valence-electron chi connectivity index (χ3n) is 3.29. The van der Waals surface area contributed by atoms with E-state index >= 15 is 0 Å². The van der Waals surface area contributed by atoms with Gasteiger partial charge in [-0.15, -0.1) is 0 Å². The molecule has 5 N–H and O–H groups in total. The number of carbonyl (C=O) groups excluding carboxylic acids is 1. The maximum absolute atomic E-state index is 12.5. The quantitative estimate of drug-likeness (QED) is 0.383. The third-order valence-corrected chi connectivity index (χ3v) is 3.29. The highest BCUT2D eigenvalue weighted by molar-refractivity contribution is 6.14. The number of rotatable bonds is 2. The SMILES string of the molecule is NC(=Nc1ccccc1)NC(=O)c1ccnc2cccc(N)c12. The molecule has 3 rings (SSSR count). The van der Waals surface area contributed by atoms with Gasteiger partial charge in [0.2, 0.25) is 5.96 Å². The average molecular weight is 305 g/mol. The molecular weight excluding hydrogens is 290 g/mol. The van der Waals surface area contributed by atoms with E-state index in [0.717, 1.165) is 0 Å². The molecule has 0 saturated heterocycles. The molecule has 114 valence electrons. The standard InChI is InChI=1S/C17H15N5O/c18-13-7-4-8-14-15(13)12(9-10-20-14)16(23)22-17(19)21-11-5-2-1-3-6-11/h1-10H,18H2,(H3,19,21,22,23). The summed E-state index contributed by atoms with van der Waals surface area (Å²) in [7, 11) is 0. The van der Waals surface area contributed by atoms with Crippen LogP contribution in [0.25, 0.3) is 10.9 Å². The molecular formula is C17H15N5O. The van der Waals surface area contributed by atoms with Crippen LogP contribution < -0.4 is 16.8 Å². The predicted molar refractivity (Wildman–Crippen MR) is 91.3 cm³/mol. The predicted octanol–water partition coefficient (Wildman–Crippen LogP) is 2.19. The number of guanidine groups is 1. The van der Waals surface area contributed by atoms with Crippen molar-refractivity contribution in [3.05, 3.63) is 66.4 Å². The highest BCUT2D eigenvalue weighted by atomic mass is 16.1. The molecule has 1 heterocycles. The van der Waals surface area contributed by atoms with Gasteiger partial charge in [0, 0.05) is 17.3 Å². The van der Waals surface area contributed by atoms with Gasteiger partial charge in [0.1, 0.15) is 0 Å². The lowest BCUT2D eigenvalue weighted by molar-refractivity contribution is 0.0978. The van der Waals surface area contributed by atoms with E-state index in [1.165, 1.54) is 0 Å². The minimum atomic E-state index is -0.382. The Hall–Kier alpha value is -3.41. The van der Waals surface area contributed by atoms with Crippen LogP contribution in [0, 0.1) is 0 Å². The number of pyridine rings is 1. The monoisotopic (exact) mass is 305 g/mol. The largest absolute Gasteiger partial charge is 0.398 e. The van der Waals surface area contributed by atoms with Crippen LogP contribution in [0.3, 0.4) is 0 Å². The lowest BCUT2D eigenvalue weighted by Gasteiger charge is -2.09. The van der Waals surface area contributed by atoms with Crippen LogP contribution in [0.15, 0.2) is 65.8 Å². The first-order chi connectivity index (χ1) is 11.1. The highest BCUT2D eigenvalue weighted by Gasteiger charge is 2.13.